The van der Waals surface area contributed by atoms with Gasteiger partial charge in [-0.1, -0.05) is 0 Å². The molecule has 1 N–H and O–H groups in total. The van der Waals surface area contributed by atoms with Crippen molar-refractivity contribution in [2.24, 2.45) is 0 Å². The maximum atomic E-state index is 12.5. The van der Waals surface area contributed by atoms with E-state index >= 15 is 0 Å². The molecule has 1 aliphatic rings. The quantitative estimate of drug-likeness (QED) is 0.707. The van der Waals surface area contributed by atoms with Crippen molar-refractivity contribution in [2.75, 3.05) is 18.0 Å². The van der Waals surface area contributed by atoms with Crippen LogP contribution in [0.4, 0.5) is 5.95 Å². The average molecular weight is 402 g/mol. The van der Waals surface area contributed by atoms with Gasteiger partial charge < -0.3 is 4.90 Å². The number of rotatable bonds is 5. The van der Waals surface area contributed by atoms with Crippen molar-refractivity contribution in [1.82, 2.24) is 19.7 Å². The summed E-state index contributed by atoms with van der Waals surface area (Å²) in [5.41, 5.74) is 2.67. The van der Waals surface area contributed by atoms with Gasteiger partial charge in [-0.15, -0.1) is 11.3 Å². The van der Waals surface area contributed by atoms with E-state index in [0.29, 0.717) is 29.7 Å². The third-order valence-electron chi connectivity index (χ3n) is 4.36. The van der Waals surface area contributed by atoms with Gasteiger partial charge in [-0.05, 0) is 48.6 Å². The third-order valence-corrected chi connectivity index (χ3v) is 7.44. The summed E-state index contributed by atoms with van der Waals surface area (Å²) in [6.45, 7) is 3.13. The Morgan fingerprint density at radius 2 is 2.19 bits per heavy atom. The van der Waals surface area contributed by atoms with Crippen LogP contribution in [0.5, 0.6) is 0 Å². The Balaban J connectivity index is 1.47. The second kappa shape index (κ2) is 7.34. The molecule has 140 valence electrons. The third kappa shape index (κ3) is 4.00. The molecule has 0 aliphatic carbocycles. The van der Waals surface area contributed by atoms with Crippen LogP contribution in [0.2, 0.25) is 0 Å². The fourth-order valence-corrected chi connectivity index (χ4v) is 5.55. The molecule has 3 aromatic heterocycles. The molecule has 1 unspecified atom stereocenters. The van der Waals surface area contributed by atoms with E-state index in [4.69, 9.17) is 0 Å². The first-order valence-corrected chi connectivity index (χ1v) is 10.9. The number of aromatic nitrogens is 3. The number of hydrogen-bond acceptors (Lipinski definition) is 7. The minimum absolute atomic E-state index is 0.164. The van der Waals surface area contributed by atoms with Crippen LogP contribution in [0.1, 0.15) is 12.0 Å². The van der Waals surface area contributed by atoms with Gasteiger partial charge >= 0.3 is 0 Å². The lowest BCUT2D eigenvalue weighted by molar-refractivity contribution is 0.563. The number of thiophene rings is 1. The molecule has 0 amide bonds. The van der Waals surface area contributed by atoms with Gasteiger partial charge in [-0.25, -0.2) is 23.1 Å². The zero-order chi connectivity index (χ0) is 18.9. The minimum atomic E-state index is -3.49. The Kier molecular flexibility index (Phi) is 4.90. The highest BCUT2D eigenvalue weighted by Crippen LogP contribution is 2.23. The van der Waals surface area contributed by atoms with Crippen LogP contribution in [0.3, 0.4) is 0 Å². The molecule has 4 heterocycles. The molecule has 1 aliphatic heterocycles. The summed E-state index contributed by atoms with van der Waals surface area (Å²) < 4.78 is 28.2. The number of aryl methyl sites for hydroxylation is 1. The molecule has 0 spiro atoms. The fraction of sp³-hybridized carbons (Fsp3) is 0.278. The van der Waals surface area contributed by atoms with Crippen molar-refractivity contribution < 1.29 is 8.42 Å². The molecule has 4 rings (SSSR count). The molecule has 0 radical (unpaired) electrons. The van der Waals surface area contributed by atoms with Crippen LogP contribution >= 0.6 is 11.3 Å². The van der Waals surface area contributed by atoms with Crippen molar-refractivity contribution in [2.45, 2.75) is 23.6 Å². The highest BCUT2D eigenvalue weighted by molar-refractivity contribution is 7.91. The molecule has 3 aromatic rings. The van der Waals surface area contributed by atoms with Gasteiger partial charge in [0.05, 0.1) is 5.69 Å². The predicted molar refractivity (Wildman–Crippen MR) is 105 cm³/mol. The second-order valence-corrected chi connectivity index (χ2v) is 9.33. The molecular formula is C18H19N5O2S2. The maximum Gasteiger partial charge on any atom is 0.250 e. The number of nitrogens with one attached hydrogen (secondary N) is 1. The Morgan fingerprint density at radius 1 is 1.30 bits per heavy atom. The number of pyridine rings is 1. The summed E-state index contributed by atoms with van der Waals surface area (Å²) in [6.07, 6.45) is 5.91. The molecule has 1 saturated heterocycles. The number of sulfonamides is 1. The van der Waals surface area contributed by atoms with Crippen molar-refractivity contribution in [3.8, 4) is 11.3 Å². The summed E-state index contributed by atoms with van der Waals surface area (Å²) in [5, 5.41) is 1.84. The molecular weight excluding hydrogens is 382 g/mol. The molecule has 27 heavy (non-hydrogen) atoms. The molecule has 7 nitrogen and oxygen atoms in total. The first-order valence-electron chi connectivity index (χ1n) is 8.57. The summed E-state index contributed by atoms with van der Waals surface area (Å²) in [5.74, 6) is 0.602. The van der Waals surface area contributed by atoms with Crippen molar-refractivity contribution >= 4 is 27.3 Å². The van der Waals surface area contributed by atoms with Crippen LogP contribution in [-0.2, 0) is 10.0 Å². The fourth-order valence-electron chi connectivity index (χ4n) is 3.04. The van der Waals surface area contributed by atoms with Gasteiger partial charge in [-0.3, -0.25) is 4.98 Å². The van der Waals surface area contributed by atoms with Gasteiger partial charge in [-0.2, -0.15) is 0 Å². The topological polar surface area (TPSA) is 88.1 Å². The highest BCUT2D eigenvalue weighted by Gasteiger charge is 2.29. The second-order valence-electron chi connectivity index (χ2n) is 6.48. The summed E-state index contributed by atoms with van der Waals surface area (Å²) in [4.78, 5) is 15.1. The van der Waals surface area contributed by atoms with E-state index < -0.39 is 10.0 Å². The number of hydrogen-bond donors (Lipinski definition) is 1. The van der Waals surface area contributed by atoms with Crippen LogP contribution in [0.25, 0.3) is 11.3 Å². The van der Waals surface area contributed by atoms with Crippen LogP contribution in [0, 0.1) is 6.92 Å². The van der Waals surface area contributed by atoms with Crippen LogP contribution in [0.15, 0.2) is 52.4 Å². The lowest BCUT2D eigenvalue weighted by atomic mass is 10.2. The first-order chi connectivity index (χ1) is 13.0. The number of nitrogens with zero attached hydrogens (tertiary/aromatic N) is 4. The van der Waals surface area contributed by atoms with E-state index in [1.54, 1.807) is 24.7 Å². The molecule has 1 fully saturated rings. The SMILES string of the molecule is Cc1csc(S(=O)(=O)NC2CCN(c3nccc(-c4cccnc4)n3)C2)c1. The molecule has 9 heteroatoms. The highest BCUT2D eigenvalue weighted by atomic mass is 32.2. The Morgan fingerprint density at radius 3 is 2.93 bits per heavy atom. The zero-order valence-electron chi connectivity index (χ0n) is 14.7. The smallest absolute Gasteiger partial charge is 0.250 e. The van der Waals surface area contributed by atoms with Crippen LogP contribution < -0.4 is 9.62 Å². The Hall–Kier alpha value is -2.36. The normalized spacial score (nSPS) is 17.4. The lowest BCUT2D eigenvalue weighted by Gasteiger charge is -2.17. The Bertz CT molecular complexity index is 1040. The van der Waals surface area contributed by atoms with E-state index in [2.05, 4.69) is 19.7 Å². The predicted octanol–water partition coefficient (Wildman–Crippen LogP) is 2.47. The number of anilines is 1. The van der Waals surface area contributed by atoms with Gasteiger partial charge in [0, 0.05) is 43.3 Å². The lowest BCUT2D eigenvalue weighted by Crippen LogP contribution is -2.37. The van der Waals surface area contributed by atoms with E-state index in [-0.39, 0.29) is 6.04 Å². The van der Waals surface area contributed by atoms with Crippen LogP contribution in [-0.4, -0.2) is 42.5 Å². The summed E-state index contributed by atoms with van der Waals surface area (Å²) >= 11 is 1.24. The van der Waals surface area contributed by atoms with Crippen molar-refractivity contribution in [3.63, 3.8) is 0 Å². The molecule has 0 aromatic carbocycles. The molecule has 1 atom stereocenters. The van der Waals surface area contributed by atoms with E-state index in [0.717, 1.165) is 16.8 Å². The summed E-state index contributed by atoms with van der Waals surface area (Å²) in [6, 6.07) is 7.19. The van der Waals surface area contributed by atoms with E-state index in [1.807, 2.05) is 35.4 Å². The van der Waals surface area contributed by atoms with Crippen molar-refractivity contribution in [3.05, 3.63) is 53.8 Å². The minimum Gasteiger partial charge on any atom is -0.339 e. The average Bonchev–Trinajstić information content (AvgIpc) is 3.32. The largest absolute Gasteiger partial charge is 0.339 e. The first kappa shape index (κ1) is 18.0. The van der Waals surface area contributed by atoms with Gasteiger partial charge in [0.1, 0.15) is 4.21 Å². The molecule has 0 bridgehead atoms. The van der Waals surface area contributed by atoms with Gasteiger partial charge in [0.25, 0.3) is 0 Å². The molecule has 0 saturated carbocycles. The Labute approximate surface area is 162 Å². The summed E-state index contributed by atoms with van der Waals surface area (Å²) in [7, 11) is -3.49. The van der Waals surface area contributed by atoms with Crippen molar-refractivity contribution in [1.29, 1.82) is 0 Å². The van der Waals surface area contributed by atoms with E-state index in [1.165, 1.54) is 11.3 Å². The zero-order valence-corrected chi connectivity index (χ0v) is 16.4. The van der Waals surface area contributed by atoms with Gasteiger partial charge in [0.15, 0.2) is 0 Å². The van der Waals surface area contributed by atoms with E-state index in [9.17, 15) is 8.42 Å². The van der Waals surface area contributed by atoms with Gasteiger partial charge in [0.2, 0.25) is 16.0 Å². The maximum absolute atomic E-state index is 12.5. The monoisotopic (exact) mass is 401 g/mol. The standard InChI is InChI=1S/C18H19N5O2S2/c1-13-9-17(26-12-13)27(24,25)22-15-5-8-23(11-15)18-20-7-4-16(21-18)14-3-2-6-19-10-14/h2-4,6-7,9-10,12,15,22H,5,8,11H2,1H3.